The second-order valence-corrected chi connectivity index (χ2v) is 9.29. The molecule has 1 saturated carbocycles. The summed E-state index contributed by atoms with van der Waals surface area (Å²) in [7, 11) is 4.12. The van der Waals surface area contributed by atoms with Crippen LogP contribution in [0.1, 0.15) is 55.3 Å². The Bertz CT molecular complexity index is 1010. The second kappa shape index (κ2) is 10.1. The molecular weight excluding hydrogens is 418 g/mol. The summed E-state index contributed by atoms with van der Waals surface area (Å²) in [6.07, 6.45) is 8.71. The average Bonchev–Trinajstić information content (AvgIpc) is 2.80. The minimum atomic E-state index is 0.342. The average molecular weight is 450 g/mol. The van der Waals surface area contributed by atoms with E-state index in [-0.39, 0.29) is 0 Å². The Kier molecular flexibility index (Phi) is 7.05. The number of benzene rings is 1. The first kappa shape index (κ1) is 22.3. The summed E-state index contributed by atoms with van der Waals surface area (Å²) in [6, 6.07) is 10.2. The lowest BCUT2D eigenvalue weighted by molar-refractivity contribution is 0.387. The topological polar surface area (TPSA) is 88.9 Å². The molecule has 2 aliphatic rings. The molecule has 0 amide bonds. The quantitative estimate of drug-likeness (QED) is 0.590. The van der Waals surface area contributed by atoms with Crippen molar-refractivity contribution >= 4 is 34.8 Å². The van der Waals surface area contributed by atoms with Crippen LogP contribution >= 0.6 is 12.2 Å². The van der Waals surface area contributed by atoms with Crippen molar-refractivity contribution in [2.45, 2.75) is 63.5 Å². The predicted molar refractivity (Wildman–Crippen MR) is 133 cm³/mol. The lowest BCUT2D eigenvalue weighted by atomic mass is 9.91. The maximum absolute atomic E-state index is 9.04. The lowest BCUT2D eigenvalue weighted by Crippen LogP contribution is -2.42. The summed E-state index contributed by atoms with van der Waals surface area (Å²) in [5.74, 6) is 1.82. The number of nitriles is 1. The van der Waals surface area contributed by atoms with Crippen molar-refractivity contribution in [1.29, 1.82) is 5.26 Å². The summed E-state index contributed by atoms with van der Waals surface area (Å²) >= 11 is 5.48. The van der Waals surface area contributed by atoms with E-state index in [1.807, 2.05) is 12.1 Å². The second-order valence-electron chi connectivity index (χ2n) is 8.88. The van der Waals surface area contributed by atoms with Gasteiger partial charge in [-0.25, -0.2) is 4.98 Å². The molecule has 3 N–H and O–H groups in total. The van der Waals surface area contributed by atoms with Crippen molar-refractivity contribution in [2.24, 2.45) is 0 Å². The summed E-state index contributed by atoms with van der Waals surface area (Å²) in [5.41, 5.74) is 3.98. The molecule has 32 heavy (non-hydrogen) atoms. The summed E-state index contributed by atoms with van der Waals surface area (Å²) < 4.78 is 0. The molecule has 0 aliphatic heterocycles. The zero-order chi connectivity index (χ0) is 22.5. The van der Waals surface area contributed by atoms with Crippen LogP contribution in [0.3, 0.4) is 0 Å². The highest BCUT2D eigenvalue weighted by Gasteiger charge is 2.24. The Morgan fingerprint density at radius 3 is 2.59 bits per heavy atom. The van der Waals surface area contributed by atoms with Crippen molar-refractivity contribution < 1.29 is 0 Å². The van der Waals surface area contributed by atoms with Crippen molar-refractivity contribution in [2.75, 3.05) is 29.6 Å². The highest BCUT2D eigenvalue weighted by molar-refractivity contribution is 7.80. The standard InChI is InChI=1S/C24H31N7S/c1-31(2)22-20-8-3-4-9-21(20)29-23(30-22)26-17-10-12-18(13-11-17)27-24(32)28-19-7-5-6-16(14-19)15-25/h5-7,14,17-18H,3-4,8-13H2,1-2H3,(H,26,29,30)(H2,27,28,32). The van der Waals surface area contributed by atoms with E-state index < -0.39 is 0 Å². The van der Waals surface area contributed by atoms with Crippen molar-refractivity contribution in [1.82, 2.24) is 15.3 Å². The van der Waals surface area contributed by atoms with Crippen molar-refractivity contribution in [3.63, 3.8) is 0 Å². The van der Waals surface area contributed by atoms with Gasteiger partial charge in [0, 0.05) is 37.4 Å². The van der Waals surface area contributed by atoms with E-state index >= 15 is 0 Å². The molecule has 168 valence electrons. The van der Waals surface area contributed by atoms with Crippen molar-refractivity contribution in [3.8, 4) is 6.07 Å². The van der Waals surface area contributed by atoms with Crippen LogP contribution in [0.2, 0.25) is 0 Å². The molecule has 1 aromatic heterocycles. The Labute approximate surface area is 195 Å². The first-order valence-corrected chi connectivity index (χ1v) is 11.8. The van der Waals surface area contributed by atoms with E-state index in [1.54, 1.807) is 12.1 Å². The number of thiocarbonyl (C=S) groups is 1. The van der Waals surface area contributed by atoms with Gasteiger partial charge in [0.1, 0.15) is 5.82 Å². The normalized spacial score (nSPS) is 19.9. The van der Waals surface area contributed by atoms with Gasteiger partial charge in [0.15, 0.2) is 5.11 Å². The summed E-state index contributed by atoms with van der Waals surface area (Å²) in [6.45, 7) is 0. The molecule has 4 rings (SSSR count). The van der Waals surface area contributed by atoms with Gasteiger partial charge in [-0.1, -0.05) is 6.07 Å². The van der Waals surface area contributed by atoms with Gasteiger partial charge < -0.3 is 20.9 Å². The first-order valence-electron chi connectivity index (χ1n) is 11.4. The third-order valence-electron chi connectivity index (χ3n) is 6.23. The molecule has 2 aromatic rings. The number of aryl methyl sites for hydroxylation is 1. The highest BCUT2D eigenvalue weighted by Crippen LogP contribution is 2.29. The zero-order valence-corrected chi connectivity index (χ0v) is 19.6. The van der Waals surface area contributed by atoms with E-state index in [0.717, 1.165) is 56.0 Å². The van der Waals surface area contributed by atoms with Crippen LogP contribution in [-0.4, -0.2) is 41.3 Å². The number of hydrogen-bond acceptors (Lipinski definition) is 6. The smallest absolute Gasteiger partial charge is 0.225 e. The van der Waals surface area contributed by atoms with Gasteiger partial charge in [0.05, 0.1) is 17.3 Å². The molecule has 0 saturated heterocycles. The molecular formula is C24H31N7S. The van der Waals surface area contributed by atoms with Gasteiger partial charge in [0.25, 0.3) is 0 Å². The molecule has 0 bridgehead atoms. The molecule has 8 heteroatoms. The number of hydrogen-bond donors (Lipinski definition) is 3. The lowest BCUT2D eigenvalue weighted by Gasteiger charge is -2.31. The molecule has 1 fully saturated rings. The van der Waals surface area contributed by atoms with Crippen LogP contribution in [-0.2, 0) is 12.8 Å². The third-order valence-corrected chi connectivity index (χ3v) is 6.45. The first-order chi connectivity index (χ1) is 15.5. The van der Waals surface area contributed by atoms with Gasteiger partial charge in [0.2, 0.25) is 5.95 Å². The Hall–Kier alpha value is -2.92. The Morgan fingerprint density at radius 2 is 1.84 bits per heavy atom. The number of aromatic nitrogens is 2. The zero-order valence-electron chi connectivity index (χ0n) is 18.8. The van der Waals surface area contributed by atoms with E-state index in [9.17, 15) is 0 Å². The number of anilines is 3. The monoisotopic (exact) mass is 449 g/mol. The number of fused-ring (bicyclic) bond motifs is 1. The molecule has 0 unspecified atom stereocenters. The Balaban J connectivity index is 1.30. The number of nitrogens with one attached hydrogen (secondary N) is 3. The van der Waals surface area contributed by atoms with Crippen LogP contribution in [0.25, 0.3) is 0 Å². The van der Waals surface area contributed by atoms with E-state index in [0.29, 0.717) is 22.8 Å². The van der Waals surface area contributed by atoms with Crippen LogP contribution < -0.4 is 20.9 Å². The van der Waals surface area contributed by atoms with E-state index in [1.165, 1.54) is 24.1 Å². The van der Waals surface area contributed by atoms with E-state index in [4.69, 9.17) is 27.4 Å². The van der Waals surface area contributed by atoms with Crippen LogP contribution in [0.15, 0.2) is 24.3 Å². The molecule has 7 nitrogen and oxygen atoms in total. The number of nitrogens with zero attached hydrogens (tertiary/aromatic N) is 4. The van der Waals surface area contributed by atoms with Gasteiger partial charge in [-0.05, 0) is 81.8 Å². The molecule has 0 radical (unpaired) electrons. The maximum atomic E-state index is 9.04. The molecule has 1 aromatic carbocycles. The van der Waals surface area contributed by atoms with E-state index in [2.05, 4.69) is 41.0 Å². The predicted octanol–water partition coefficient (Wildman–Crippen LogP) is 4.00. The minimum Gasteiger partial charge on any atom is -0.362 e. The fraction of sp³-hybridized carbons (Fsp3) is 0.500. The molecule has 1 heterocycles. The van der Waals surface area contributed by atoms with Gasteiger partial charge >= 0.3 is 0 Å². The Morgan fingerprint density at radius 1 is 1.09 bits per heavy atom. The fourth-order valence-corrected chi connectivity index (χ4v) is 4.88. The van der Waals surface area contributed by atoms with Gasteiger partial charge in [-0.15, -0.1) is 0 Å². The van der Waals surface area contributed by atoms with Gasteiger partial charge in [-0.2, -0.15) is 10.2 Å². The number of rotatable bonds is 5. The summed E-state index contributed by atoms with van der Waals surface area (Å²) in [4.78, 5) is 11.8. The third kappa shape index (κ3) is 5.46. The minimum absolute atomic E-state index is 0.342. The van der Waals surface area contributed by atoms with Crippen molar-refractivity contribution in [3.05, 3.63) is 41.1 Å². The fourth-order valence-electron chi connectivity index (χ4n) is 4.59. The molecule has 2 aliphatic carbocycles. The van der Waals surface area contributed by atoms with Crippen LogP contribution in [0, 0.1) is 11.3 Å². The molecule has 0 atom stereocenters. The van der Waals surface area contributed by atoms with Crippen LogP contribution in [0.4, 0.5) is 17.5 Å². The highest BCUT2D eigenvalue weighted by atomic mass is 32.1. The van der Waals surface area contributed by atoms with Crippen LogP contribution in [0.5, 0.6) is 0 Å². The summed E-state index contributed by atoms with van der Waals surface area (Å²) in [5, 5.41) is 19.9. The largest absolute Gasteiger partial charge is 0.362 e. The SMILES string of the molecule is CN(C)c1nc(NC2CCC(NC(=S)Nc3cccc(C#N)c3)CC2)nc2c1CCCC2. The molecule has 0 spiro atoms. The maximum Gasteiger partial charge on any atom is 0.225 e. The van der Waals surface area contributed by atoms with Gasteiger partial charge in [-0.3, -0.25) is 0 Å².